The highest BCUT2D eigenvalue weighted by Gasteiger charge is 2.03. The van der Waals surface area contributed by atoms with Gasteiger partial charge in [-0.1, -0.05) is 341 Å². The molecule has 0 saturated carbocycles. The van der Waals surface area contributed by atoms with E-state index in [9.17, 15) is 4.79 Å². The van der Waals surface area contributed by atoms with Crippen molar-refractivity contribution in [2.24, 2.45) is 0 Å². The highest BCUT2D eigenvalue weighted by Crippen LogP contribution is 2.18. The number of ether oxygens (including phenoxy) is 1. The zero-order valence-corrected chi connectivity index (χ0v) is 42.2. The van der Waals surface area contributed by atoms with Crippen molar-refractivity contribution in [1.29, 1.82) is 0 Å². The average molecular weight is 846 g/mol. The van der Waals surface area contributed by atoms with E-state index in [4.69, 9.17) is 4.74 Å². The van der Waals surface area contributed by atoms with E-state index in [1.165, 1.54) is 327 Å². The van der Waals surface area contributed by atoms with E-state index in [1.54, 1.807) is 0 Å². The van der Waals surface area contributed by atoms with Gasteiger partial charge in [0.2, 0.25) is 0 Å². The Morgan fingerprint density at radius 3 is 0.550 bits per heavy atom. The SMILES string of the molecule is CCCCCCCCCCCCCCCCCCCCCCCCCCCCCCCCCCCC(=O)OCCCCCCCCCCCCCCCCCCCCCC. The lowest BCUT2D eigenvalue weighted by Crippen LogP contribution is -2.05. The molecular formula is C58H116O2. The van der Waals surface area contributed by atoms with Crippen molar-refractivity contribution in [1.82, 2.24) is 0 Å². The van der Waals surface area contributed by atoms with Crippen LogP contribution in [0.15, 0.2) is 0 Å². The summed E-state index contributed by atoms with van der Waals surface area (Å²) in [7, 11) is 0. The summed E-state index contributed by atoms with van der Waals surface area (Å²) in [5.41, 5.74) is 0. The van der Waals surface area contributed by atoms with Crippen molar-refractivity contribution < 1.29 is 9.53 Å². The Morgan fingerprint density at radius 1 is 0.217 bits per heavy atom. The molecule has 0 aliphatic heterocycles. The lowest BCUT2D eigenvalue weighted by molar-refractivity contribution is -0.143. The Hall–Kier alpha value is -0.530. The van der Waals surface area contributed by atoms with Crippen LogP contribution in [0.2, 0.25) is 0 Å². The van der Waals surface area contributed by atoms with Crippen molar-refractivity contribution in [2.45, 2.75) is 361 Å². The largest absolute Gasteiger partial charge is 0.466 e. The van der Waals surface area contributed by atoms with Gasteiger partial charge in [0.1, 0.15) is 0 Å². The summed E-state index contributed by atoms with van der Waals surface area (Å²) >= 11 is 0. The molecule has 0 heterocycles. The van der Waals surface area contributed by atoms with E-state index in [0.717, 1.165) is 12.8 Å². The third kappa shape index (κ3) is 55.5. The van der Waals surface area contributed by atoms with Crippen molar-refractivity contribution in [3.63, 3.8) is 0 Å². The second-order valence-corrected chi connectivity index (χ2v) is 20.0. The minimum absolute atomic E-state index is 0.0357. The van der Waals surface area contributed by atoms with Crippen LogP contribution in [0.4, 0.5) is 0 Å². The standard InChI is InChI=1S/C58H116O2/c1-3-5-7-9-11-13-15-17-19-21-23-25-26-27-28-29-30-31-32-33-34-35-36-37-38-40-42-44-46-48-50-52-54-56-58(59)60-57-55-53-51-49-47-45-43-41-39-24-22-20-18-16-14-12-10-8-6-4-2/h3-57H2,1-2H3. The van der Waals surface area contributed by atoms with Gasteiger partial charge in [-0.05, 0) is 12.8 Å². The number of hydrogen-bond donors (Lipinski definition) is 0. The molecule has 0 aliphatic carbocycles. The topological polar surface area (TPSA) is 26.3 Å². The van der Waals surface area contributed by atoms with Crippen LogP contribution in [-0.2, 0) is 9.53 Å². The molecule has 2 heteroatoms. The van der Waals surface area contributed by atoms with Crippen molar-refractivity contribution in [3.05, 3.63) is 0 Å². The van der Waals surface area contributed by atoms with E-state index in [0.29, 0.717) is 13.0 Å². The fraction of sp³-hybridized carbons (Fsp3) is 0.983. The molecule has 0 bridgehead atoms. The van der Waals surface area contributed by atoms with E-state index in [1.807, 2.05) is 0 Å². The first-order valence-corrected chi connectivity index (χ1v) is 29.0. The summed E-state index contributed by atoms with van der Waals surface area (Å²) in [4.78, 5) is 12.1. The van der Waals surface area contributed by atoms with Gasteiger partial charge in [-0.15, -0.1) is 0 Å². The van der Waals surface area contributed by atoms with Crippen LogP contribution in [0.1, 0.15) is 361 Å². The van der Waals surface area contributed by atoms with Gasteiger partial charge in [-0.2, -0.15) is 0 Å². The number of unbranched alkanes of at least 4 members (excludes halogenated alkanes) is 51. The van der Waals surface area contributed by atoms with Crippen LogP contribution >= 0.6 is 0 Å². The molecule has 0 N–H and O–H groups in total. The Balaban J connectivity index is 3.13. The Kier molecular flexibility index (Phi) is 56.0. The maximum Gasteiger partial charge on any atom is 0.305 e. The van der Waals surface area contributed by atoms with Crippen LogP contribution in [0.25, 0.3) is 0 Å². The summed E-state index contributed by atoms with van der Waals surface area (Å²) in [5, 5.41) is 0. The first kappa shape index (κ1) is 59.5. The van der Waals surface area contributed by atoms with Crippen LogP contribution in [0, 0.1) is 0 Å². The molecule has 0 unspecified atom stereocenters. The van der Waals surface area contributed by atoms with Gasteiger partial charge in [0.25, 0.3) is 0 Å². The van der Waals surface area contributed by atoms with Crippen LogP contribution in [0.3, 0.4) is 0 Å². The van der Waals surface area contributed by atoms with E-state index < -0.39 is 0 Å². The summed E-state index contributed by atoms with van der Waals surface area (Å²) < 4.78 is 5.51. The highest BCUT2D eigenvalue weighted by atomic mass is 16.5. The van der Waals surface area contributed by atoms with Gasteiger partial charge < -0.3 is 4.74 Å². The molecule has 0 saturated heterocycles. The first-order chi connectivity index (χ1) is 29.8. The number of carbonyl (C=O) groups excluding carboxylic acids is 1. The molecule has 0 radical (unpaired) electrons. The zero-order valence-electron chi connectivity index (χ0n) is 42.2. The van der Waals surface area contributed by atoms with Gasteiger partial charge in [0, 0.05) is 6.42 Å². The van der Waals surface area contributed by atoms with E-state index >= 15 is 0 Å². The molecule has 0 aromatic heterocycles. The third-order valence-electron chi connectivity index (χ3n) is 13.7. The van der Waals surface area contributed by atoms with E-state index in [2.05, 4.69) is 13.8 Å². The average Bonchev–Trinajstić information content (AvgIpc) is 3.25. The van der Waals surface area contributed by atoms with Gasteiger partial charge >= 0.3 is 5.97 Å². The Bertz CT molecular complexity index is 747. The Morgan fingerprint density at radius 2 is 0.367 bits per heavy atom. The monoisotopic (exact) mass is 845 g/mol. The number of hydrogen-bond acceptors (Lipinski definition) is 2. The summed E-state index contributed by atoms with van der Waals surface area (Å²) in [6.45, 7) is 5.25. The minimum atomic E-state index is 0.0357. The molecule has 0 atom stereocenters. The first-order valence-electron chi connectivity index (χ1n) is 29.0. The van der Waals surface area contributed by atoms with Crippen molar-refractivity contribution in [3.8, 4) is 0 Å². The molecule has 60 heavy (non-hydrogen) atoms. The normalized spacial score (nSPS) is 11.6. The Labute approximate surface area is 381 Å². The lowest BCUT2D eigenvalue weighted by atomic mass is 10.0. The maximum atomic E-state index is 12.1. The molecule has 2 nitrogen and oxygen atoms in total. The quantitative estimate of drug-likeness (QED) is 0.0450. The number of carbonyl (C=O) groups is 1. The summed E-state index contributed by atoms with van der Waals surface area (Å²) in [6.07, 6.45) is 75.8. The predicted octanol–water partition coefficient (Wildman–Crippen LogP) is 21.6. The second-order valence-electron chi connectivity index (χ2n) is 20.0. The lowest BCUT2D eigenvalue weighted by Gasteiger charge is -2.06. The molecule has 0 rings (SSSR count). The fourth-order valence-electron chi connectivity index (χ4n) is 9.44. The number of esters is 1. The predicted molar refractivity (Wildman–Crippen MR) is 272 cm³/mol. The highest BCUT2D eigenvalue weighted by molar-refractivity contribution is 5.69. The second kappa shape index (κ2) is 56.5. The van der Waals surface area contributed by atoms with Gasteiger partial charge in [-0.3, -0.25) is 4.79 Å². The molecule has 0 fully saturated rings. The number of rotatable bonds is 55. The molecular weight excluding hydrogens is 729 g/mol. The van der Waals surface area contributed by atoms with Gasteiger partial charge in [0.15, 0.2) is 0 Å². The minimum Gasteiger partial charge on any atom is -0.466 e. The van der Waals surface area contributed by atoms with Crippen molar-refractivity contribution in [2.75, 3.05) is 6.61 Å². The molecule has 0 aliphatic rings. The fourth-order valence-corrected chi connectivity index (χ4v) is 9.44. The summed E-state index contributed by atoms with van der Waals surface area (Å²) in [6, 6.07) is 0. The zero-order chi connectivity index (χ0) is 43.2. The molecule has 0 aromatic carbocycles. The smallest absolute Gasteiger partial charge is 0.305 e. The van der Waals surface area contributed by atoms with Crippen LogP contribution < -0.4 is 0 Å². The van der Waals surface area contributed by atoms with Crippen molar-refractivity contribution >= 4 is 5.97 Å². The third-order valence-corrected chi connectivity index (χ3v) is 13.7. The van der Waals surface area contributed by atoms with Crippen LogP contribution in [0.5, 0.6) is 0 Å². The molecule has 360 valence electrons. The molecule has 0 aromatic rings. The van der Waals surface area contributed by atoms with Gasteiger partial charge in [0.05, 0.1) is 6.61 Å². The van der Waals surface area contributed by atoms with E-state index in [-0.39, 0.29) is 5.97 Å². The van der Waals surface area contributed by atoms with Crippen LogP contribution in [-0.4, -0.2) is 12.6 Å². The summed E-state index contributed by atoms with van der Waals surface area (Å²) in [5.74, 6) is 0.0357. The molecule has 0 spiro atoms. The van der Waals surface area contributed by atoms with Gasteiger partial charge in [-0.25, -0.2) is 0 Å². The maximum absolute atomic E-state index is 12.1. The molecule has 0 amide bonds.